The third-order valence-corrected chi connectivity index (χ3v) is 5.15. The van der Waals surface area contributed by atoms with E-state index in [1.807, 2.05) is 39.0 Å². The van der Waals surface area contributed by atoms with Crippen LogP contribution in [0.15, 0.2) is 47.5 Å². The van der Waals surface area contributed by atoms with E-state index >= 15 is 0 Å². The number of carbonyl (C=O) groups is 1. The van der Waals surface area contributed by atoms with Crippen molar-refractivity contribution in [2.75, 3.05) is 5.75 Å². The van der Waals surface area contributed by atoms with Gasteiger partial charge in [-0.2, -0.15) is 0 Å². The van der Waals surface area contributed by atoms with Gasteiger partial charge in [0.05, 0.1) is 11.1 Å². The third-order valence-electron chi connectivity index (χ3n) is 4.29. The van der Waals surface area contributed by atoms with Gasteiger partial charge in [0.25, 0.3) is 5.91 Å². The zero-order chi connectivity index (χ0) is 18.7. The van der Waals surface area contributed by atoms with E-state index < -0.39 is 0 Å². The number of aromatic nitrogens is 1. The first-order valence-electron chi connectivity index (χ1n) is 8.56. The van der Waals surface area contributed by atoms with E-state index in [0.29, 0.717) is 5.56 Å². The number of aryl methyl sites for hydroxylation is 2. The molecule has 0 unspecified atom stereocenters. The van der Waals surface area contributed by atoms with Crippen molar-refractivity contribution in [3.8, 4) is 0 Å². The van der Waals surface area contributed by atoms with Gasteiger partial charge in [-0.15, -0.1) is 11.8 Å². The minimum absolute atomic E-state index is 0.182. The molecule has 5 heteroatoms. The molecule has 1 heterocycles. The highest BCUT2D eigenvalue weighted by Gasteiger charge is 2.19. The number of hydrogen-bond acceptors (Lipinski definition) is 3. The summed E-state index contributed by atoms with van der Waals surface area (Å²) in [6.45, 7) is 6.30. The van der Waals surface area contributed by atoms with Crippen molar-refractivity contribution in [2.45, 2.75) is 32.3 Å². The molecule has 1 N–H and O–H groups in total. The Morgan fingerprint density at radius 1 is 1.19 bits per heavy atom. The van der Waals surface area contributed by atoms with Crippen molar-refractivity contribution in [3.05, 3.63) is 70.5 Å². The molecule has 0 atom stereocenters. The molecule has 1 aromatic heterocycles. The molecular formula is C21H21FN2OS. The lowest BCUT2D eigenvalue weighted by atomic mass is 10.0. The molecule has 134 valence electrons. The van der Waals surface area contributed by atoms with Gasteiger partial charge in [0.15, 0.2) is 0 Å². The maximum atomic E-state index is 13.3. The maximum absolute atomic E-state index is 13.3. The lowest BCUT2D eigenvalue weighted by Crippen LogP contribution is -2.25. The van der Waals surface area contributed by atoms with E-state index in [0.717, 1.165) is 38.4 Å². The average Bonchev–Trinajstić information content (AvgIpc) is 2.61. The summed E-state index contributed by atoms with van der Waals surface area (Å²) in [5.41, 5.74) is 4.28. The van der Waals surface area contributed by atoms with Crippen molar-refractivity contribution in [1.82, 2.24) is 10.3 Å². The van der Waals surface area contributed by atoms with Gasteiger partial charge >= 0.3 is 0 Å². The summed E-state index contributed by atoms with van der Waals surface area (Å²) >= 11 is 1.56. The van der Waals surface area contributed by atoms with Gasteiger partial charge in [0.1, 0.15) is 10.8 Å². The minimum Gasteiger partial charge on any atom is -0.348 e. The molecule has 0 aliphatic carbocycles. The van der Waals surface area contributed by atoms with E-state index in [9.17, 15) is 9.18 Å². The normalized spacial score (nSPS) is 10.9. The number of hydrogen-bond donors (Lipinski definition) is 1. The molecular weight excluding hydrogens is 347 g/mol. The number of benzene rings is 2. The first-order valence-corrected chi connectivity index (χ1v) is 9.55. The number of fused-ring (bicyclic) bond motifs is 1. The van der Waals surface area contributed by atoms with Crippen molar-refractivity contribution in [2.24, 2.45) is 0 Å². The van der Waals surface area contributed by atoms with Crippen LogP contribution in [0.3, 0.4) is 0 Å². The van der Waals surface area contributed by atoms with Crippen molar-refractivity contribution < 1.29 is 9.18 Å². The average molecular weight is 368 g/mol. The molecule has 0 aliphatic rings. The number of nitrogens with zero attached hydrogens (tertiary/aromatic N) is 1. The SMILES string of the molecule is CCSc1nc2c(C)cccc2c(C)c1C(=O)NCc1cccc(F)c1. The second-order valence-electron chi connectivity index (χ2n) is 6.13. The Bertz CT molecular complexity index is 972. The molecule has 1 amide bonds. The highest BCUT2D eigenvalue weighted by atomic mass is 32.2. The standard InChI is InChI=1S/C21H21FN2OS/c1-4-26-21-18(14(3)17-10-5-7-13(2)19(17)24-21)20(25)23-12-15-8-6-9-16(22)11-15/h5-11H,4,12H2,1-3H3,(H,23,25). The Morgan fingerprint density at radius 3 is 2.69 bits per heavy atom. The van der Waals surface area contributed by atoms with Crippen LogP contribution in [-0.4, -0.2) is 16.6 Å². The fraction of sp³-hybridized carbons (Fsp3) is 0.238. The number of rotatable bonds is 5. The van der Waals surface area contributed by atoms with Crippen molar-refractivity contribution >= 4 is 28.6 Å². The lowest BCUT2D eigenvalue weighted by molar-refractivity contribution is 0.0947. The zero-order valence-electron chi connectivity index (χ0n) is 15.1. The fourth-order valence-corrected chi connectivity index (χ4v) is 3.81. The first-order chi connectivity index (χ1) is 12.5. The molecule has 26 heavy (non-hydrogen) atoms. The van der Waals surface area contributed by atoms with Gasteiger partial charge in [-0.1, -0.05) is 37.3 Å². The quantitative estimate of drug-likeness (QED) is 0.642. The number of halogens is 1. The van der Waals surface area contributed by atoms with Gasteiger partial charge < -0.3 is 5.32 Å². The van der Waals surface area contributed by atoms with E-state index in [1.54, 1.807) is 23.9 Å². The number of thioether (sulfide) groups is 1. The molecule has 0 spiro atoms. The van der Waals surface area contributed by atoms with Crippen LogP contribution in [0.4, 0.5) is 4.39 Å². The smallest absolute Gasteiger partial charge is 0.254 e. The van der Waals surface area contributed by atoms with Crippen LogP contribution < -0.4 is 5.32 Å². The predicted molar refractivity (Wildman–Crippen MR) is 105 cm³/mol. The van der Waals surface area contributed by atoms with Gasteiger partial charge in [-0.05, 0) is 48.4 Å². The second kappa shape index (κ2) is 7.87. The summed E-state index contributed by atoms with van der Waals surface area (Å²) in [5, 5.41) is 4.63. The number of amides is 1. The Balaban J connectivity index is 1.98. The number of carbonyl (C=O) groups excluding carboxylic acids is 1. The highest BCUT2D eigenvalue weighted by molar-refractivity contribution is 7.99. The maximum Gasteiger partial charge on any atom is 0.254 e. The molecule has 0 saturated heterocycles. The number of nitrogens with one attached hydrogen (secondary N) is 1. The Hall–Kier alpha value is -2.40. The van der Waals surface area contributed by atoms with E-state index in [4.69, 9.17) is 4.98 Å². The second-order valence-corrected chi connectivity index (χ2v) is 7.39. The van der Waals surface area contributed by atoms with E-state index in [1.165, 1.54) is 12.1 Å². The monoisotopic (exact) mass is 368 g/mol. The lowest BCUT2D eigenvalue weighted by Gasteiger charge is -2.15. The molecule has 3 aromatic rings. The summed E-state index contributed by atoms with van der Waals surface area (Å²) in [7, 11) is 0. The van der Waals surface area contributed by atoms with Crippen LogP contribution in [0.2, 0.25) is 0 Å². The fourth-order valence-electron chi connectivity index (χ4n) is 2.99. The molecule has 3 rings (SSSR count). The molecule has 0 radical (unpaired) electrons. The van der Waals surface area contributed by atoms with Crippen LogP contribution >= 0.6 is 11.8 Å². The van der Waals surface area contributed by atoms with Gasteiger partial charge in [-0.3, -0.25) is 4.79 Å². The first kappa shape index (κ1) is 18.4. The van der Waals surface area contributed by atoms with Gasteiger partial charge in [0.2, 0.25) is 0 Å². The predicted octanol–water partition coefficient (Wildman–Crippen LogP) is 5.03. The highest BCUT2D eigenvalue weighted by Crippen LogP contribution is 2.30. The topological polar surface area (TPSA) is 42.0 Å². The van der Waals surface area contributed by atoms with Gasteiger partial charge in [0, 0.05) is 11.9 Å². The number of pyridine rings is 1. The summed E-state index contributed by atoms with van der Waals surface area (Å²) in [5.74, 6) is 0.338. The van der Waals surface area contributed by atoms with Crippen LogP contribution in [0.1, 0.15) is 34.0 Å². The van der Waals surface area contributed by atoms with Crippen molar-refractivity contribution in [1.29, 1.82) is 0 Å². The van der Waals surface area contributed by atoms with E-state index in [2.05, 4.69) is 5.32 Å². The zero-order valence-corrected chi connectivity index (χ0v) is 15.9. The number of para-hydroxylation sites is 1. The van der Waals surface area contributed by atoms with Crippen LogP contribution in [0, 0.1) is 19.7 Å². The Morgan fingerprint density at radius 2 is 1.96 bits per heavy atom. The largest absolute Gasteiger partial charge is 0.348 e. The van der Waals surface area contributed by atoms with Crippen LogP contribution in [-0.2, 0) is 6.54 Å². The molecule has 0 bridgehead atoms. The van der Waals surface area contributed by atoms with E-state index in [-0.39, 0.29) is 18.3 Å². The molecule has 3 nitrogen and oxygen atoms in total. The van der Waals surface area contributed by atoms with Crippen molar-refractivity contribution in [3.63, 3.8) is 0 Å². The molecule has 0 fully saturated rings. The molecule has 0 aliphatic heterocycles. The van der Waals surface area contributed by atoms with Gasteiger partial charge in [-0.25, -0.2) is 9.37 Å². The summed E-state index contributed by atoms with van der Waals surface area (Å²) < 4.78 is 13.3. The summed E-state index contributed by atoms with van der Waals surface area (Å²) in [6, 6.07) is 12.2. The third kappa shape index (κ3) is 3.73. The molecule has 0 saturated carbocycles. The van der Waals surface area contributed by atoms with Crippen LogP contribution in [0.5, 0.6) is 0 Å². The Labute approximate surface area is 157 Å². The minimum atomic E-state index is -0.307. The summed E-state index contributed by atoms with van der Waals surface area (Å²) in [4.78, 5) is 17.6. The molecule has 2 aromatic carbocycles. The summed E-state index contributed by atoms with van der Waals surface area (Å²) in [6.07, 6.45) is 0. The van der Waals surface area contributed by atoms with Crippen LogP contribution in [0.25, 0.3) is 10.9 Å². The Kier molecular flexibility index (Phi) is 5.57.